The number of likely N-dealkylation sites (N-methyl/N-ethyl adjacent to an activating group) is 1. The minimum atomic E-state index is -0.830. The number of quaternary nitrogens is 1. The van der Waals surface area contributed by atoms with Gasteiger partial charge in [-0.1, -0.05) is 0 Å². The van der Waals surface area contributed by atoms with Gasteiger partial charge in [0.05, 0.1) is 12.2 Å². The summed E-state index contributed by atoms with van der Waals surface area (Å²) in [5, 5.41) is 5.14. The van der Waals surface area contributed by atoms with Crippen LogP contribution in [0.25, 0.3) is 0 Å². The van der Waals surface area contributed by atoms with Crippen LogP contribution in [0.1, 0.15) is 20.8 Å². The van der Waals surface area contributed by atoms with Crippen molar-refractivity contribution >= 4 is 17.5 Å². The Labute approximate surface area is 128 Å². The molecule has 2 amide bonds. The third-order valence-corrected chi connectivity index (χ3v) is 2.98. The van der Waals surface area contributed by atoms with Gasteiger partial charge in [-0.05, 0) is 32.9 Å². The Balaban J connectivity index is 2.56. The number of anilines is 1. The molecule has 0 bridgehead atoms. The molecule has 1 rings (SSSR count). The van der Waals surface area contributed by atoms with E-state index in [2.05, 4.69) is 10.6 Å². The van der Waals surface area contributed by atoms with Crippen molar-refractivity contribution in [3.63, 3.8) is 0 Å². The first-order valence-electron chi connectivity index (χ1n) is 7.19. The summed E-state index contributed by atoms with van der Waals surface area (Å²) in [5.74, 6) is -2.11. The molecule has 0 radical (unpaired) electrons. The molecule has 3 N–H and O–H groups in total. The highest BCUT2D eigenvalue weighted by molar-refractivity contribution is 5.91. The van der Waals surface area contributed by atoms with E-state index >= 15 is 0 Å². The smallest absolute Gasteiger partial charge is 0.279 e. The molecular weight excluding hydrogens is 292 g/mol. The van der Waals surface area contributed by atoms with Gasteiger partial charge in [0.15, 0.2) is 13.1 Å². The Morgan fingerprint density at radius 3 is 2.36 bits per heavy atom. The lowest BCUT2D eigenvalue weighted by Gasteiger charge is -2.18. The summed E-state index contributed by atoms with van der Waals surface area (Å²) < 4.78 is 26.3. The number of amides is 2. The highest BCUT2D eigenvalue weighted by atomic mass is 19.1. The lowest BCUT2D eigenvalue weighted by atomic mass is 10.3. The van der Waals surface area contributed by atoms with Crippen LogP contribution in [0.4, 0.5) is 14.5 Å². The molecule has 1 atom stereocenters. The largest absolute Gasteiger partial charge is 0.349 e. The van der Waals surface area contributed by atoms with Gasteiger partial charge in [0, 0.05) is 12.1 Å². The molecule has 7 heteroatoms. The van der Waals surface area contributed by atoms with Gasteiger partial charge in [-0.25, -0.2) is 8.78 Å². The fraction of sp³-hybridized carbons (Fsp3) is 0.467. The fourth-order valence-corrected chi connectivity index (χ4v) is 1.92. The van der Waals surface area contributed by atoms with Crippen LogP contribution in [0.15, 0.2) is 18.2 Å². The molecule has 5 nitrogen and oxygen atoms in total. The third-order valence-electron chi connectivity index (χ3n) is 2.98. The summed E-state index contributed by atoms with van der Waals surface area (Å²) in [6, 6.07) is 2.97. The third kappa shape index (κ3) is 6.17. The molecule has 0 saturated heterocycles. The number of halogens is 2. The Bertz CT molecular complexity index is 536. The molecule has 0 aromatic heterocycles. The molecule has 0 aliphatic rings. The van der Waals surface area contributed by atoms with E-state index in [4.69, 9.17) is 0 Å². The van der Waals surface area contributed by atoms with E-state index in [1.54, 1.807) is 0 Å². The highest BCUT2D eigenvalue weighted by Crippen LogP contribution is 2.14. The zero-order valence-corrected chi connectivity index (χ0v) is 13.0. The summed E-state index contributed by atoms with van der Waals surface area (Å²) >= 11 is 0. The second kappa shape index (κ2) is 8.43. The summed E-state index contributed by atoms with van der Waals surface area (Å²) in [6.45, 7) is 6.32. The van der Waals surface area contributed by atoms with Gasteiger partial charge >= 0.3 is 0 Å². The van der Waals surface area contributed by atoms with Gasteiger partial charge in [0.2, 0.25) is 0 Å². The minimum Gasteiger partial charge on any atom is -0.349 e. The van der Waals surface area contributed by atoms with Crippen LogP contribution >= 0.6 is 0 Å². The number of hydrogen-bond acceptors (Lipinski definition) is 2. The monoisotopic (exact) mass is 314 g/mol. The number of benzene rings is 1. The first-order valence-corrected chi connectivity index (χ1v) is 7.19. The maximum absolute atomic E-state index is 13.5. The summed E-state index contributed by atoms with van der Waals surface area (Å²) in [7, 11) is 0. The van der Waals surface area contributed by atoms with Crippen molar-refractivity contribution in [1.29, 1.82) is 0 Å². The molecule has 122 valence electrons. The van der Waals surface area contributed by atoms with Gasteiger partial charge in [-0.2, -0.15) is 0 Å². The van der Waals surface area contributed by atoms with Gasteiger partial charge in [-0.3, -0.25) is 9.59 Å². The van der Waals surface area contributed by atoms with E-state index in [-0.39, 0.29) is 30.7 Å². The first kappa shape index (κ1) is 18.0. The van der Waals surface area contributed by atoms with E-state index in [0.717, 1.165) is 11.0 Å². The highest BCUT2D eigenvalue weighted by Gasteiger charge is 2.18. The van der Waals surface area contributed by atoms with Gasteiger partial charge in [0.1, 0.15) is 11.6 Å². The molecule has 0 aliphatic heterocycles. The van der Waals surface area contributed by atoms with E-state index in [1.807, 2.05) is 20.8 Å². The summed E-state index contributed by atoms with van der Waals surface area (Å²) in [6.07, 6.45) is 0. The SMILES string of the molecule is CC[NH+](CC(=O)Nc1ccc(F)cc1F)CC(=O)NC(C)C. The molecular formula is C15H22F2N3O2+. The lowest BCUT2D eigenvalue weighted by molar-refractivity contribution is -0.881. The maximum Gasteiger partial charge on any atom is 0.279 e. The van der Waals surface area contributed by atoms with E-state index < -0.39 is 17.5 Å². The number of carbonyl (C=O) groups excluding carboxylic acids is 2. The average Bonchev–Trinajstić information content (AvgIpc) is 2.40. The van der Waals surface area contributed by atoms with Crippen LogP contribution in [0.3, 0.4) is 0 Å². The van der Waals surface area contributed by atoms with Crippen molar-refractivity contribution in [3.8, 4) is 0 Å². The molecule has 22 heavy (non-hydrogen) atoms. The summed E-state index contributed by atoms with van der Waals surface area (Å²) in [5.41, 5.74) is -0.0755. The number of hydrogen-bond donors (Lipinski definition) is 3. The van der Waals surface area contributed by atoms with Crippen LogP contribution in [0.5, 0.6) is 0 Å². The van der Waals surface area contributed by atoms with Crippen molar-refractivity contribution in [2.45, 2.75) is 26.8 Å². The van der Waals surface area contributed by atoms with Crippen LogP contribution in [-0.4, -0.2) is 37.5 Å². The predicted molar refractivity (Wildman–Crippen MR) is 79.5 cm³/mol. The van der Waals surface area contributed by atoms with Crippen molar-refractivity contribution < 1.29 is 23.3 Å². The van der Waals surface area contributed by atoms with E-state index in [9.17, 15) is 18.4 Å². The van der Waals surface area contributed by atoms with Gasteiger partial charge in [-0.15, -0.1) is 0 Å². The molecule has 0 fully saturated rings. The topological polar surface area (TPSA) is 62.6 Å². The lowest BCUT2D eigenvalue weighted by Crippen LogP contribution is -3.14. The molecule has 0 saturated carbocycles. The number of rotatable bonds is 7. The zero-order valence-electron chi connectivity index (χ0n) is 13.0. The molecule has 0 aliphatic carbocycles. The normalized spacial score (nSPS) is 12.1. The molecule has 0 heterocycles. The predicted octanol–water partition coefficient (Wildman–Crippen LogP) is 0.333. The van der Waals surface area contributed by atoms with Crippen LogP contribution in [0.2, 0.25) is 0 Å². The fourth-order valence-electron chi connectivity index (χ4n) is 1.92. The van der Waals surface area contributed by atoms with Crippen molar-refractivity contribution in [1.82, 2.24) is 5.32 Å². The number of carbonyl (C=O) groups is 2. The Morgan fingerprint density at radius 2 is 1.82 bits per heavy atom. The quantitative estimate of drug-likeness (QED) is 0.679. The van der Waals surface area contributed by atoms with Crippen molar-refractivity contribution in [2.24, 2.45) is 0 Å². The van der Waals surface area contributed by atoms with Crippen LogP contribution in [-0.2, 0) is 9.59 Å². The van der Waals surface area contributed by atoms with Gasteiger partial charge in [0.25, 0.3) is 11.8 Å². The number of nitrogens with one attached hydrogen (secondary N) is 3. The first-order chi connectivity index (χ1) is 10.3. The summed E-state index contributed by atoms with van der Waals surface area (Å²) in [4.78, 5) is 24.3. The molecule has 1 aromatic rings. The van der Waals surface area contributed by atoms with Crippen molar-refractivity contribution in [2.75, 3.05) is 25.0 Å². The average molecular weight is 314 g/mol. The zero-order chi connectivity index (χ0) is 16.7. The van der Waals surface area contributed by atoms with Crippen molar-refractivity contribution in [3.05, 3.63) is 29.8 Å². The molecule has 1 unspecified atom stereocenters. The Hall–Kier alpha value is -2.02. The second-order valence-corrected chi connectivity index (χ2v) is 5.35. The molecule has 0 spiro atoms. The minimum absolute atomic E-state index is 0.0266. The standard InChI is InChI=1S/C15H21F2N3O2/c1-4-20(8-14(21)18-10(2)3)9-15(22)19-13-6-5-11(16)7-12(13)17/h5-7,10H,4,8-9H2,1-3H3,(H,18,21)(H,19,22)/p+1. The van der Waals surface area contributed by atoms with E-state index in [1.165, 1.54) is 6.07 Å². The Morgan fingerprint density at radius 1 is 1.18 bits per heavy atom. The van der Waals surface area contributed by atoms with E-state index in [0.29, 0.717) is 12.6 Å². The molecule has 1 aromatic carbocycles. The second-order valence-electron chi connectivity index (χ2n) is 5.35. The van der Waals surface area contributed by atoms with Crippen LogP contribution < -0.4 is 15.5 Å². The van der Waals surface area contributed by atoms with Gasteiger partial charge < -0.3 is 15.5 Å². The van der Waals surface area contributed by atoms with Crippen LogP contribution in [0, 0.1) is 11.6 Å². The maximum atomic E-state index is 13.5. The Kier molecular flexibility index (Phi) is 6.91.